The summed E-state index contributed by atoms with van der Waals surface area (Å²) in [5.41, 5.74) is 0.467. The standard InChI is InChI=1S/C28H32ClF3N4O3/c1-5-36-16-24(35-26(36)27(3,4)39)19-8-6-18(7-9-19)14-21(12-13-37)34-25(38)20-10-11-23(22(29)15-20)33-17(2)28(30,31)32/h6-11,15-16,21,37,39H,5,12-14H2,1-4H3,(H,34,38)/t21-/m1/s1. The second-order valence-corrected chi connectivity index (χ2v) is 10.1. The molecular weight excluding hydrogens is 533 g/mol. The summed E-state index contributed by atoms with van der Waals surface area (Å²) in [7, 11) is 0. The van der Waals surface area contributed by atoms with E-state index in [1.165, 1.54) is 18.2 Å². The van der Waals surface area contributed by atoms with E-state index in [1.54, 1.807) is 13.8 Å². The third-order valence-corrected chi connectivity index (χ3v) is 6.42. The van der Waals surface area contributed by atoms with Crippen molar-refractivity contribution in [1.29, 1.82) is 0 Å². The largest absolute Gasteiger partial charge is 0.429 e. The second kappa shape index (κ2) is 12.3. The number of hydrogen-bond donors (Lipinski definition) is 3. The normalized spacial score (nSPS) is 13.4. The fraction of sp³-hybridized carbons (Fsp3) is 0.393. The van der Waals surface area contributed by atoms with Crippen LogP contribution in [-0.4, -0.2) is 50.2 Å². The van der Waals surface area contributed by atoms with Crippen molar-refractivity contribution in [3.63, 3.8) is 0 Å². The molecule has 0 saturated heterocycles. The number of nitrogens with one attached hydrogen (secondary N) is 1. The molecule has 0 aliphatic carbocycles. The maximum atomic E-state index is 12.8. The van der Waals surface area contributed by atoms with Crippen LogP contribution < -0.4 is 5.32 Å². The molecule has 0 fully saturated rings. The van der Waals surface area contributed by atoms with Crippen molar-refractivity contribution < 1.29 is 28.2 Å². The van der Waals surface area contributed by atoms with Crippen LogP contribution in [0.4, 0.5) is 18.9 Å². The van der Waals surface area contributed by atoms with Gasteiger partial charge in [0.2, 0.25) is 0 Å². The third kappa shape index (κ3) is 7.90. The number of amides is 1. The van der Waals surface area contributed by atoms with Crippen LogP contribution in [0.15, 0.2) is 53.7 Å². The first kappa shape index (κ1) is 30.3. The van der Waals surface area contributed by atoms with Crippen molar-refractivity contribution >= 4 is 28.9 Å². The van der Waals surface area contributed by atoms with Crippen molar-refractivity contribution in [3.8, 4) is 11.3 Å². The molecule has 3 N–H and O–H groups in total. The van der Waals surface area contributed by atoms with E-state index in [9.17, 15) is 28.2 Å². The highest BCUT2D eigenvalue weighted by Crippen LogP contribution is 2.29. The SMILES string of the molecule is CCn1cc(-c2ccc(C[C@@H](CCO)NC(=O)c3ccc(N=C(C)C(F)(F)F)c(Cl)c3)cc2)nc1C(C)(C)O. The minimum atomic E-state index is -4.58. The topological polar surface area (TPSA) is 99.7 Å². The van der Waals surface area contributed by atoms with Crippen molar-refractivity contribution in [2.75, 3.05) is 6.61 Å². The van der Waals surface area contributed by atoms with Crippen molar-refractivity contribution in [2.24, 2.45) is 4.99 Å². The third-order valence-electron chi connectivity index (χ3n) is 6.12. The van der Waals surface area contributed by atoms with Gasteiger partial charge in [0.25, 0.3) is 5.91 Å². The number of hydrogen-bond acceptors (Lipinski definition) is 5. The van der Waals surface area contributed by atoms with Gasteiger partial charge in [0.15, 0.2) is 0 Å². The number of aliphatic hydroxyl groups is 2. The molecule has 3 rings (SSSR count). The van der Waals surface area contributed by atoms with Crippen LogP contribution in [0, 0.1) is 0 Å². The molecule has 2 aromatic carbocycles. The second-order valence-electron chi connectivity index (χ2n) is 9.74. The number of alkyl halides is 3. The summed E-state index contributed by atoms with van der Waals surface area (Å²) in [6, 6.07) is 11.1. The lowest BCUT2D eigenvalue weighted by atomic mass is 10.0. The Morgan fingerprint density at radius 2 is 1.85 bits per heavy atom. The molecule has 0 aliphatic rings. The molecule has 1 amide bonds. The molecule has 39 heavy (non-hydrogen) atoms. The predicted octanol–water partition coefficient (Wildman–Crippen LogP) is 5.83. The molecule has 0 unspecified atom stereocenters. The molecule has 3 aromatic rings. The molecule has 11 heteroatoms. The average Bonchev–Trinajstić information content (AvgIpc) is 3.30. The van der Waals surface area contributed by atoms with Gasteiger partial charge < -0.3 is 20.1 Å². The quantitative estimate of drug-likeness (QED) is 0.270. The molecule has 0 aliphatic heterocycles. The number of aliphatic imine (C=N–C) groups is 1. The minimum Gasteiger partial charge on any atom is -0.396 e. The number of carbonyl (C=O) groups excluding carboxylic acids is 1. The zero-order valence-electron chi connectivity index (χ0n) is 22.2. The number of aromatic nitrogens is 2. The smallest absolute Gasteiger partial charge is 0.396 e. The molecular formula is C28H32ClF3N4O3. The summed E-state index contributed by atoms with van der Waals surface area (Å²) < 4.78 is 40.2. The van der Waals surface area contributed by atoms with Crippen LogP contribution in [-0.2, 0) is 18.6 Å². The van der Waals surface area contributed by atoms with Gasteiger partial charge in [0, 0.05) is 36.5 Å². The van der Waals surface area contributed by atoms with Crippen LogP contribution in [0.2, 0.25) is 5.02 Å². The van der Waals surface area contributed by atoms with Gasteiger partial charge in [-0.1, -0.05) is 35.9 Å². The summed E-state index contributed by atoms with van der Waals surface area (Å²) >= 11 is 6.09. The Morgan fingerprint density at radius 1 is 1.18 bits per heavy atom. The van der Waals surface area contributed by atoms with Gasteiger partial charge in [-0.2, -0.15) is 13.2 Å². The first-order valence-corrected chi connectivity index (χ1v) is 12.8. The summed E-state index contributed by atoms with van der Waals surface area (Å²) in [5, 5.41) is 22.7. The van der Waals surface area contributed by atoms with Gasteiger partial charge in [-0.05, 0) is 64.3 Å². The Labute approximate surface area is 230 Å². The van der Waals surface area contributed by atoms with E-state index in [4.69, 9.17) is 11.6 Å². The minimum absolute atomic E-state index is 0.0844. The zero-order valence-corrected chi connectivity index (χ0v) is 22.9. The predicted molar refractivity (Wildman–Crippen MR) is 146 cm³/mol. The van der Waals surface area contributed by atoms with Crippen LogP contribution in [0.5, 0.6) is 0 Å². The molecule has 0 radical (unpaired) electrons. The van der Waals surface area contributed by atoms with E-state index < -0.39 is 29.4 Å². The van der Waals surface area contributed by atoms with Crippen molar-refractivity contribution in [3.05, 3.63) is 70.6 Å². The van der Waals surface area contributed by atoms with Crippen LogP contribution >= 0.6 is 11.6 Å². The number of carbonyl (C=O) groups is 1. The maximum absolute atomic E-state index is 12.8. The Balaban J connectivity index is 1.72. The van der Waals surface area contributed by atoms with Gasteiger partial charge >= 0.3 is 6.18 Å². The monoisotopic (exact) mass is 564 g/mol. The number of halogens is 4. The summed E-state index contributed by atoms with van der Waals surface area (Å²) in [5.74, 6) is 0.101. The van der Waals surface area contributed by atoms with Gasteiger partial charge in [0.1, 0.15) is 17.1 Å². The number of aryl methyl sites for hydroxylation is 1. The van der Waals surface area contributed by atoms with Crippen LogP contribution in [0.25, 0.3) is 11.3 Å². The molecule has 0 saturated carbocycles. The lowest BCUT2D eigenvalue weighted by molar-refractivity contribution is -0.0591. The lowest BCUT2D eigenvalue weighted by Gasteiger charge is -2.18. The molecule has 1 heterocycles. The number of nitrogens with zero attached hydrogens (tertiary/aromatic N) is 3. The van der Waals surface area contributed by atoms with E-state index in [0.717, 1.165) is 23.7 Å². The van der Waals surface area contributed by atoms with Crippen LogP contribution in [0.1, 0.15) is 55.9 Å². The van der Waals surface area contributed by atoms with Gasteiger partial charge in [-0.3, -0.25) is 4.79 Å². The van der Waals surface area contributed by atoms with Crippen molar-refractivity contribution in [2.45, 2.75) is 64.9 Å². The van der Waals surface area contributed by atoms with Crippen molar-refractivity contribution in [1.82, 2.24) is 14.9 Å². The molecule has 210 valence electrons. The highest BCUT2D eigenvalue weighted by Gasteiger charge is 2.32. The summed E-state index contributed by atoms with van der Waals surface area (Å²) in [6.45, 7) is 6.71. The molecule has 1 aromatic heterocycles. The maximum Gasteiger partial charge on any atom is 0.429 e. The highest BCUT2D eigenvalue weighted by atomic mass is 35.5. The molecule has 0 spiro atoms. The Bertz CT molecular complexity index is 1330. The first-order valence-electron chi connectivity index (χ1n) is 12.5. The number of benzene rings is 2. The van der Waals surface area contributed by atoms with Gasteiger partial charge in [-0.15, -0.1) is 0 Å². The number of imidazole rings is 1. The average molecular weight is 565 g/mol. The van der Waals surface area contributed by atoms with E-state index in [1.807, 2.05) is 42.0 Å². The summed E-state index contributed by atoms with van der Waals surface area (Å²) in [4.78, 5) is 21.0. The van der Waals surface area contributed by atoms with E-state index >= 15 is 0 Å². The van der Waals surface area contributed by atoms with Gasteiger partial charge in [-0.25, -0.2) is 9.98 Å². The first-order chi connectivity index (χ1) is 18.2. The number of rotatable bonds is 10. The summed E-state index contributed by atoms with van der Waals surface area (Å²) in [6.07, 6.45) is -1.95. The van der Waals surface area contributed by atoms with E-state index in [2.05, 4.69) is 15.3 Å². The Kier molecular flexibility index (Phi) is 9.58. The lowest BCUT2D eigenvalue weighted by Crippen LogP contribution is -2.37. The fourth-order valence-corrected chi connectivity index (χ4v) is 4.24. The highest BCUT2D eigenvalue weighted by molar-refractivity contribution is 6.33. The Morgan fingerprint density at radius 3 is 2.36 bits per heavy atom. The molecule has 7 nitrogen and oxygen atoms in total. The van der Waals surface area contributed by atoms with E-state index in [0.29, 0.717) is 25.2 Å². The zero-order chi connectivity index (χ0) is 29.0. The van der Waals surface area contributed by atoms with E-state index in [-0.39, 0.29) is 22.9 Å². The van der Waals surface area contributed by atoms with Gasteiger partial charge in [0.05, 0.1) is 16.4 Å². The molecule has 0 bridgehead atoms. The fourth-order valence-electron chi connectivity index (χ4n) is 4.01. The van der Waals surface area contributed by atoms with Crippen LogP contribution in [0.3, 0.4) is 0 Å². The number of aliphatic hydroxyl groups excluding tert-OH is 1. The Hall–Kier alpha value is -3.21. The molecule has 1 atom stereocenters.